The molecule has 23 heavy (non-hydrogen) atoms. The predicted octanol–water partition coefficient (Wildman–Crippen LogP) is 4.11. The number of nitrogens with one attached hydrogen (secondary N) is 1. The molecular formula is C19H24N2O2. The zero-order chi connectivity index (χ0) is 15.9. The predicted molar refractivity (Wildman–Crippen MR) is 89.2 cm³/mol. The Morgan fingerprint density at radius 1 is 1.09 bits per heavy atom. The van der Waals surface area contributed by atoms with Crippen LogP contribution >= 0.6 is 0 Å². The number of oxime groups is 1. The number of hydrogen-bond acceptors (Lipinski definition) is 3. The summed E-state index contributed by atoms with van der Waals surface area (Å²) < 4.78 is 0. The monoisotopic (exact) mass is 312 g/mol. The van der Waals surface area contributed by atoms with Gasteiger partial charge in [-0.2, -0.15) is 0 Å². The van der Waals surface area contributed by atoms with Gasteiger partial charge in [0.25, 0.3) is 0 Å². The minimum Gasteiger partial charge on any atom is -0.314 e. The SMILES string of the molecule is C/C(=N\OC(=O)NC12CC3CC(CC(C3)C1)C2)c1ccccc1. The molecule has 1 aromatic rings. The molecule has 4 heteroatoms. The van der Waals surface area contributed by atoms with Gasteiger partial charge in [0.05, 0.1) is 5.71 Å². The second kappa shape index (κ2) is 5.66. The van der Waals surface area contributed by atoms with Crippen LogP contribution in [0.1, 0.15) is 51.0 Å². The molecule has 4 fully saturated rings. The number of amides is 1. The van der Waals surface area contributed by atoms with Gasteiger partial charge in [0.2, 0.25) is 0 Å². The zero-order valence-corrected chi connectivity index (χ0v) is 13.6. The van der Waals surface area contributed by atoms with Crippen molar-refractivity contribution in [3.05, 3.63) is 35.9 Å². The van der Waals surface area contributed by atoms with E-state index >= 15 is 0 Å². The van der Waals surface area contributed by atoms with Crippen molar-refractivity contribution < 1.29 is 9.63 Å². The molecular weight excluding hydrogens is 288 g/mol. The zero-order valence-electron chi connectivity index (χ0n) is 13.6. The minimum atomic E-state index is -0.401. The Morgan fingerprint density at radius 2 is 1.65 bits per heavy atom. The van der Waals surface area contributed by atoms with Crippen LogP contribution in [0.25, 0.3) is 0 Å². The molecule has 0 unspecified atom stereocenters. The number of rotatable bonds is 3. The number of carbonyl (C=O) groups is 1. The fourth-order valence-electron chi connectivity index (χ4n) is 5.35. The molecule has 0 radical (unpaired) electrons. The molecule has 0 atom stereocenters. The molecule has 4 aliphatic rings. The molecule has 1 aromatic carbocycles. The van der Waals surface area contributed by atoms with Gasteiger partial charge in [0.15, 0.2) is 0 Å². The molecule has 1 N–H and O–H groups in total. The van der Waals surface area contributed by atoms with Crippen LogP contribution in [-0.2, 0) is 4.84 Å². The van der Waals surface area contributed by atoms with Gasteiger partial charge in [0.1, 0.15) is 0 Å². The summed E-state index contributed by atoms with van der Waals surface area (Å²) >= 11 is 0. The third kappa shape index (κ3) is 2.99. The molecule has 122 valence electrons. The molecule has 1 amide bonds. The van der Waals surface area contributed by atoms with Crippen LogP contribution in [0.5, 0.6) is 0 Å². The van der Waals surface area contributed by atoms with E-state index in [1.165, 1.54) is 19.3 Å². The van der Waals surface area contributed by atoms with Crippen LogP contribution in [0.15, 0.2) is 35.5 Å². The summed E-state index contributed by atoms with van der Waals surface area (Å²) in [6.07, 6.45) is 7.05. The van der Waals surface area contributed by atoms with Gasteiger partial charge in [-0.1, -0.05) is 35.5 Å². The summed E-state index contributed by atoms with van der Waals surface area (Å²) in [5.41, 5.74) is 1.66. The van der Waals surface area contributed by atoms with Gasteiger partial charge in [-0.25, -0.2) is 4.79 Å². The maximum Gasteiger partial charge on any atom is 0.433 e. The van der Waals surface area contributed by atoms with Gasteiger partial charge in [-0.3, -0.25) is 4.84 Å². The lowest BCUT2D eigenvalue weighted by atomic mass is 9.53. The van der Waals surface area contributed by atoms with Crippen molar-refractivity contribution in [2.75, 3.05) is 0 Å². The lowest BCUT2D eigenvalue weighted by Crippen LogP contribution is -2.59. The van der Waals surface area contributed by atoms with Crippen LogP contribution in [-0.4, -0.2) is 17.3 Å². The van der Waals surface area contributed by atoms with Crippen molar-refractivity contribution >= 4 is 11.8 Å². The number of benzene rings is 1. The van der Waals surface area contributed by atoms with E-state index in [1.807, 2.05) is 37.3 Å². The van der Waals surface area contributed by atoms with E-state index in [1.54, 1.807) is 0 Å². The summed E-state index contributed by atoms with van der Waals surface area (Å²) in [7, 11) is 0. The standard InChI is InChI=1S/C19H24N2O2/c1-13(17-5-3-2-4-6-17)21-23-18(22)20-19-10-14-7-15(11-19)9-16(8-14)12-19/h2-6,14-16H,7-12H2,1H3,(H,20,22)/b21-13+. The van der Waals surface area contributed by atoms with Gasteiger partial charge in [-0.05, 0) is 68.8 Å². The molecule has 0 spiro atoms. The van der Waals surface area contributed by atoms with Crippen LogP contribution in [0.2, 0.25) is 0 Å². The van der Waals surface area contributed by atoms with E-state index in [9.17, 15) is 4.79 Å². The molecule has 4 saturated carbocycles. The van der Waals surface area contributed by atoms with Gasteiger partial charge < -0.3 is 5.32 Å². The second-order valence-corrected chi connectivity index (χ2v) is 7.74. The molecule has 0 aromatic heterocycles. The molecule has 5 rings (SSSR count). The first kappa shape index (κ1) is 14.7. The average Bonchev–Trinajstić information content (AvgIpc) is 2.51. The maximum absolute atomic E-state index is 12.2. The summed E-state index contributed by atoms with van der Waals surface area (Å²) in [6.45, 7) is 1.85. The normalized spacial score (nSPS) is 35.2. The molecule has 4 bridgehead atoms. The summed E-state index contributed by atoms with van der Waals surface area (Å²) in [5, 5.41) is 7.16. The highest BCUT2D eigenvalue weighted by Crippen LogP contribution is 2.55. The van der Waals surface area contributed by atoms with Crippen LogP contribution < -0.4 is 5.32 Å². The third-order valence-corrected chi connectivity index (χ3v) is 5.86. The van der Waals surface area contributed by atoms with Crippen molar-refractivity contribution in [3.63, 3.8) is 0 Å². The Morgan fingerprint density at radius 3 is 2.22 bits per heavy atom. The number of hydrogen-bond donors (Lipinski definition) is 1. The van der Waals surface area contributed by atoms with E-state index < -0.39 is 6.09 Å². The van der Waals surface area contributed by atoms with Crippen molar-refractivity contribution in [3.8, 4) is 0 Å². The van der Waals surface area contributed by atoms with Crippen LogP contribution in [0, 0.1) is 17.8 Å². The van der Waals surface area contributed by atoms with Crippen molar-refractivity contribution in [2.24, 2.45) is 22.9 Å². The Labute approximate surface area is 137 Å². The summed E-state index contributed by atoms with van der Waals surface area (Å²) in [5.74, 6) is 2.41. The molecule has 0 heterocycles. The minimum absolute atomic E-state index is 0.0258. The van der Waals surface area contributed by atoms with Crippen LogP contribution in [0.3, 0.4) is 0 Å². The van der Waals surface area contributed by atoms with Crippen molar-refractivity contribution in [2.45, 2.75) is 51.0 Å². The van der Waals surface area contributed by atoms with E-state index in [-0.39, 0.29) is 5.54 Å². The van der Waals surface area contributed by atoms with Crippen molar-refractivity contribution in [1.82, 2.24) is 5.32 Å². The highest BCUT2D eigenvalue weighted by atomic mass is 16.7. The van der Waals surface area contributed by atoms with E-state index in [2.05, 4.69) is 10.5 Å². The summed E-state index contributed by atoms with van der Waals surface area (Å²) in [4.78, 5) is 17.4. The van der Waals surface area contributed by atoms with E-state index in [4.69, 9.17) is 4.84 Å². The fourth-order valence-corrected chi connectivity index (χ4v) is 5.35. The quantitative estimate of drug-likeness (QED) is 0.519. The van der Waals surface area contributed by atoms with E-state index in [0.29, 0.717) is 5.71 Å². The maximum atomic E-state index is 12.2. The average molecular weight is 312 g/mol. The molecule has 4 nitrogen and oxygen atoms in total. The number of nitrogens with zero attached hydrogens (tertiary/aromatic N) is 1. The number of carbonyl (C=O) groups excluding carboxylic acids is 1. The first-order valence-corrected chi connectivity index (χ1v) is 8.71. The van der Waals surface area contributed by atoms with Gasteiger partial charge in [0, 0.05) is 5.54 Å². The molecule has 0 aliphatic heterocycles. The Bertz CT molecular complexity index is 588. The lowest BCUT2D eigenvalue weighted by Gasteiger charge is -2.56. The lowest BCUT2D eigenvalue weighted by molar-refractivity contribution is -0.0189. The fraction of sp³-hybridized carbons (Fsp3) is 0.579. The summed E-state index contributed by atoms with van der Waals surface area (Å²) in [6, 6.07) is 9.77. The first-order chi connectivity index (χ1) is 11.1. The Hall–Kier alpha value is -1.84. The highest BCUT2D eigenvalue weighted by molar-refractivity contribution is 5.98. The molecule has 4 aliphatic carbocycles. The first-order valence-electron chi connectivity index (χ1n) is 8.71. The molecule has 0 saturated heterocycles. The smallest absolute Gasteiger partial charge is 0.314 e. The topological polar surface area (TPSA) is 50.7 Å². The van der Waals surface area contributed by atoms with E-state index in [0.717, 1.165) is 42.6 Å². The van der Waals surface area contributed by atoms with Gasteiger partial charge in [-0.15, -0.1) is 0 Å². The Kier molecular flexibility index (Phi) is 3.63. The Balaban J connectivity index is 1.39. The second-order valence-electron chi connectivity index (χ2n) is 7.74. The van der Waals surface area contributed by atoms with Crippen molar-refractivity contribution in [1.29, 1.82) is 0 Å². The largest absolute Gasteiger partial charge is 0.433 e. The van der Waals surface area contributed by atoms with Crippen LogP contribution in [0.4, 0.5) is 4.79 Å². The highest BCUT2D eigenvalue weighted by Gasteiger charge is 2.51. The van der Waals surface area contributed by atoms with Gasteiger partial charge >= 0.3 is 6.09 Å². The third-order valence-electron chi connectivity index (χ3n) is 5.86.